The molecule has 0 bridgehead atoms. The average molecular weight is 264 g/mol. The van der Waals surface area contributed by atoms with E-state index >= 15 is 0 Å². The van der Waals surface area contributed by atoms with Crippen LogP contribution in [0.1, 0.15) is 0 Å². The van der Waals surface area contributed by atoms with Gasteiger partial charge in [0.25, 0.3) is 5.91 Å². The summed E-state index contributed by atoms with van der Waals surface area (Å²) in [7, 11) is 0. The summed E-state index contributed by atoms with van der Waals surface area (Å²) in [6.07, 6.45) is 1.64. The van der Waals surface area contributed by atoms with E-state index in [1.807, 2.05) is 6.07 Å². The van der Waals surface area contributed by atoms with Crippen molar-refractivity contribution in [3.63, 3.8) is 0 Å². The van der Waals surface area contributed by atoms with Crippen LogP contribution in [0.4, 0.5) is 5.82 Å². The molecular weight excluding hydrogens is 244 g/mol. The molecule has 0 unspecified atom stereocenters. The van der Waals surface area contributed by atoms with E-state index in [0.717, 1.165) is 32.7 Å². The van der Waals surface area contributed by atoms with Gasteiger partial charge in [0.1, 0.15) is 12.4 Å². The molecule has 0 aliphatic carbocycles. The van der Waals surface area contributed by atoms with Crippen molar-refractivity contribution in [2.24, 2.45) is 0 Å². The number of aromatic nitrogens is 1. The predicted molar refractivity (Wildman–Crippen MR) is 73.0 cm³/mol. The van der Waals surface area contributed by atoms with Gasteiger partial charge in [-0.25, -0.2) is 4.98 Å². The van der Waals surface area contributed by atoms with Crippen LogP contribution in [0.5, 0.6) is 0 Å². The molecular formula is C13H20N4O2. The van der Waals surface area contributed by atoms with Crippen molar-refractivity contribution in [3.8, 4) is 0 Å². The van der Waals surface area contributed by atoms with E-state index in [-0.39, 0.29) is 12.5 Å². The number of anilines is 1. The molecule has 0 aromatic carbocycles. The lowest BCUT2D eigenvalue weighted by atomic mass is 10.4. The average Bonchev–Trinajstić information content (AvgIpc) is 2.46. The second-order valence-corrected chi connectivity index (χ2v) is 4.41. The minimum absolute atomic E-state index is 0.0721. The summed E-state index contributed by atoms with van der Waals surface area (Å²) in [5.41, 5.74) is 0. The third kappa shape index (κ3) is 5.34. The number of hydrogen-bond donors (Lipinski definition) is 2. The van der Waals surface area contributed by atoms with Crippen LogP contribution in [0.2, 0.25) is 0 Å². The van der Waals surface area contributed by atoms with Crippen LogP contribution in [-0.4, -0.2) is 61.7 Å². The zero-order chi connectivity index (χ0) is 13.3. The Kier molecular flexibility index (Phi) is 5.74. The Morgan fingerprint density at radius 3 is 3.00 bits per heavy atom. The lowest BCUT2D eigenvalue weighted by Gasteiger charge is -2.26. The predicted octanol–water partition coefficient (Wildman–Crippen LogP) is -0.0581. The largest absolute Gasteiger partial charge is 0.370 e. The highest BCUT2D eigenvalue weighted by atomic mass is 16.5. The molecule has 19 heavy (non-hydrogen) atoms. The molecule has 6 nitrogen and oxygen atoms in total. The highest BCUT2D eigenvalue weighted by Gasteiger charge is 2.09. The Bertz CT molecular complexity index is 379. The summed E-state index contributed by atoms with van der Waals surface area (Å²) in [5, 5.41) is 5.98. The molecule has 2 rings (SSSR count). The molecule has 1 aromatic heterocycles. The number of nitrogens with one attached hydrogen (secondary N) is 2. The van der Waals surface area contributed by atoms with E-state index in [1.54, 1.807) is 18.3 Å². The third-order valence-electron chi connectivity index (χ3n) is 2.93. The maximum Gasteiger partial charge on any atom is 0.251 e. The van der Waals surface area contributed by atoms with Gasteiger partial charge in [0, 0.05) is 38.9 Å². The van der Waals surface area contributed by atoms with E-state index in [4.69, 9.17) is 4.74 Å². The molecule has 0 radical (unpaired) electrons. The van der Waals surface area contributed by atoms with Gasteiger partial charge in [-0.15, -0.1) is 0 Å². The van der Waals surface area contributed by atoms with Gasteiger partial charge in [-0.1, -0.05) is 6.07 Å². The van der Waals surface area contributed by atoms with Crippen molar-refractivity contribution in [3.05, 3.63) is 24.4 Å². The summed E-state index contributed by atoms with van der Waals surface area (Å²) < 4.78 is 5.37. The molecule has 0 saturated carbocycles. The molecule has 1 saturated heterocycles. The highest BCUT2D eigenvalue weighted by Crippen LogP contribution is 1.99. The fourth-order valence-corrected chi connectivity index (χ4v) is 1.91. The smallest absolute Gasteiger partial charge is 0.251 e. The van der Waals surface area contributed by atoms with Crippen molar-refractivity contribution in [1.82, 2.24) is 15.2 Å². The van der Waals surface area contributed by atoms with Crippen LogP contribution in [0.3, 0.4) is 0 Å². The number of ether oxygens (including phenoxy) is 1. The Morgan fingerprint density at radius 1 is 1.42 bits per heavy atom. The molecule has 0 atom stereocenters. The lowest BCUT2D eigenvalue weighted by molar-refractivity contribution is -0.120. The number of carbonyl (C=O) groups is 1. The van der Waals surface area contributed by atoms with Crippen molar-refractivity contribution in [2.75, 3.05) is 51.3 Å². The number of piperazine rings is 1. The minimum Gasteiger partial charge on any atom is -0.370 e. The van der Waals surface area contributed by atoms with Gasteiger partial charge in [0.2, 0.25) is 0 Å². The first-order chi connectivity index (χ1) is 9.34. The number of carbonyl (C=O) groups excluding carboxylic acids is 1. The second-order valence-electron chi connectivity index (χ2n) is 4.41. The number of hydrogen-bond acceptors (Lipinski definition) is 5. The Balaban J connectivity index is 1.56. The SMILES string of the molecule is O=C(COCCN1CCNCC1)Nc1ccccn1. The first kappa shape index (κ1) is 13.9. The maximum absolute atomic E-state index is 11.6. The summed E-state index contributed by atoms with van der Waals surface area (Å²) in [6, 6.07) is 5.38. The maximum atomic E-state index is 11.6. The fourth-order valence-electron chi connectivity index (χ4n) is 1.91. The van der Waals surface area contributed by atoms with Crippen molar-refractivity contribution < 1.29 is 9.53 Å². The second kappa shape index (κ2) is 7.83. The molecule has 0 spiro atoms. The summed E-state index contributed by atoms with van der Waals surface area (Å²) in [6.45, 7) is 5.67. The fraction of sp³-hybridized carbons (Fsp3) is 0.538. The minimum atomic E-state index is -0.168. The van der Waals surface area contributed by atoms with Crippen LogP contribution < -0.4 is 10.6 Å². The van der Waals surface area contributed by atoms with Crippen molar-refractivity contribution in [2.45, 2.75) is 0 Å². The van der Waals surface area contributed by atoms with E-state index in [0.29, 0.717) is 12.4 Å². The quantitative estimate of drug-likeness (QED) is 0.705. The van der Waals surface area contributed by atoms with E-state index < -0.39 is 0 Å². The van der Waals surface area contributed by atoms with Gasteiger partial charge in [-0.2, -0.15) is 0 Å². The number of amides is 1. The molecule has 104 valence electrons. The zero-order valence-corrected chi connectivity index (χ0v) is 11.0. The Morgan fingerprint density at radius 2 is 2.26 bits per heavy atom. The van der Waals surface area contributed by atoms with Crippen LogP contribution in [0.15, 0.2) is 24.4 Å². The van der Waals surface area contributed by atoms with E-state index in [2.05, 4.69) is 20.5 Å². The number of rotatable bonds is 6. The summed E-state index contributed by atoms with van der Waals surface area (Å²) in [5.74, 6) is 0.386. The van der Waals surface area contributed by atoms with Crippen LogP contribution in [0.25, 0.3) is 0 Å². The number of nitrogens with zero attached hydrogens (tertiary/aromatic N) is 2. The summed E-state index contributed by atoms with van der Waals surface area (Å²) >= 11 is 0. The standard InChI is InChI=1S/C13H20N4O2/c18-13(16-12-3-1-2-4-15-12)11-19-10-9-17-7-5-14-6-8-17/h1-4,14H,5-11H2,(H,15,16,18). The van der Waals surface area contributed by atoms with Gasteiger partial charge in [-0.3, -0.25) is 9.69 Å². The first-order valence-electron chi connectivity index (χ1n) is 6.56. The lowest BCUT2D eigenvalue weighted by Crippen LogP contribution is -2.44. The number of pyridine rings is 1. The third-order valence-corrected chi connectivity index (χ3v) is 2.93. The summed E-state index contributed by atoms with van der Waals surface area (Å²) in [4.78, 5) is 17.9. The molecule has 1 amide bonds. The molecule has 1 aliphatic rings. The Hall–Kier alpha value is -1.50. The van der Waals surface area contributed by atoms with Gasteiger partial charge >= 0.3 is 0 Å². The molecule has 1 aliphatic heterocycles. The highest BCUT2D eigenvalue weighted by molar-refractivity contribution is 5.90. The molecule has 1 aromatic rings. The van der Waals surface area contributed by atoms with E-state index in [9.17, 15) is 4.79 Å². The van der Waals surface area contributed by atoms with Gasteiger partial charge < -0.3 is 15.4 Å². The molecule has 1 fully saturated rings. The van der Waals surface area contributed by atoms with Crippen LogP contribution in [0, 0.1) is 0 Å². The zero-order valence-electron chi connectivity index (χ0n) is 11.0. The molecule has 6 heteroatoms. The van der Waals surface area contributed by atoms with Crippen molar-refractivity contribution in [1.29, 1.82) is 0 Å². The normalized spacial score (nSPS) is 16.2. The van der Waals surface area contributed by atoms with Crippen LogP contribution >= 0.6 is 0 Å². The molecule has 2 heterocycles. The molecule has 2 N–H and O–H groups in total. The van der Waals surface area contributed by atoms with Crippen molar-refractivity contribution >= 4 is 11.7 Å². The topological polar surface area (TPSA) is 66.5 Å². The monoisotopic (exact) mass is 264 g/mol. The van der Waals surface area contributed by atoms with Crippen LogP contribution in [-0.2, 0) is 9.53 Å². The van der Waals surface area contributed by atoms with Gasteiger partial charge in [0.15, 0.2) is 0 Å². The van der Waals surface area contributed by atoms with Gasteiger partial charge in [0.05, 0.1) is 6.61 Å². The first-order valence-corrected chi connectivity index (χ1v) is 6.56. The van der Waals surface area contributed by atoms with E-state index in [1.165, 1.54) is 0 Å². The van der Waals surface area contributed by atoms with Gasteiger partial charge in [-0.05, 0) is 12.1 Å². The Labute approximate surface area is 113 Å².